The molecule has 1 unspecified atom stereocenters. The second-order valence-electron chi connectivity index (χ2n) is 5.37. The van der Waals surface area contributed by atoms with Gasteiger partial charge >= 0.3 is 12.1 Å². The Bertz CT molecular complexity index is 723. The smallest absolute Gasteiger partial charge is 0.433 e. The third-order valence-electron chi connectivity index (χ3n) is 3.42. The van der Waals surface area contributed by atoms with E-state index in [2.05, 4.69) is 20.3 Å². The first-order chi connectivity index (χ1) is 11.8. The minimum absolute atomic E-state index is 0.153. The third kappa shape index (κ3) is 5.13. The van der Waals surface area contributed by atoms with Gasteiger partial charge in [0, 0.05) is 24.0 Å². The van der Waals surface area contributed by atoms with Crippen LogP contribution in [0.25, 0.3) is 11.4 Å². The lowest BCUT2D eigenvalue weighted by molar-refractivity contribution is -0.141. The van der Waals surface area contributed by atoms with Gasteiger partial charge in [-0.25, -0.2) is 14.8 Å². The van der Waals surface area contributed by atoms with Gasteiger partial charge in [0.1, 0.15) is 11.9 Å². The van der Waals surface area contributed by atoms with Crippen LogP contribution in [0.1, 0.15) is 31.9 Å². The maximum Gasteiger partial charge on any atom is 0.433 e. The molecule has 6 nitrogen and oxygen atoms in total. The van der Waals surface area contributed by atoms with Crippen LogP contribution in [-0.4, -0.2) is 32.1 Å². The van der Waals surface area contributed by atoms with Gasteiger partial charge in [-0.15, -0.1) is 0 Å². The van der Waals surface area contributed by atoms with Crippen LogP contribution in [0, 0.1) is 0 Å². The van der Waals surface area contributed by atoms with Crippen LogP contribution in [0.5, 0.6) is 0 Å². The van der Waals surface area contributed by atoms with Crippen LogP contribution in [-0.2, 0) is 11.0 Å². The van der Waals surface area contributed by atoms with Gasteiger partial charge in [-0.2, -0.15) is 13.2 Å². The Kier molecular flexibility index (Phi) is 5.89. The summed E-state index contributed by atoms with van der Waals surface area (Å²) in [6, 6.07) is 2.64. The summed E-state index contributed by atoms with van der Waals surface area (Å²) in [4.78, 5) is 22.7. The zero-order valence-electron chi connectivity index (χ0n) is 13.4. The monoisotopic (exact) mass is 354 g/mol. The lowest BCUT2D eigenvalue weighted by Crippen LogP contribution is -2.30. The van der Waals surface area contributed by atoms with Crippen molar-refractivity contribution in [3.63, 3.8) is 0 Å². The molecule has 0 aliphatic rings. The molecule has 0 aliphatic heterocycles. The predicted octanol–water partition coefficient (Wildman–Crippen LogP) is 3.61. The fraction of sp³-hybridized carbons (Fsp3) is 0.375. The summed E-state index contributed by atoms with van der Waals surface area (Å²) in [5.74, 6) is -1.48. The molecule has 1 atom stereocenters. The van der Waals surface area contributed by atoms with Gasteiger partial charge in [-0.1, -0.05) is 19.8 Å². The average Bonchev–Trinajstić information content (AvgIpc) is 2.58. The van der Waals surface area contributed by atoms with E-state index in [0.717, 1.165) is 6.42 Å². The van der Waals surface area contributed by atoms with E-state index >= 15 is 0 Å². The molecule has 2 aromatic heterocycles. The Balaban J connectivity index is 2.41. The lowest BCUT2D eigenvalue weighted by atomic mass is 10.1. The Morgan fingerprint density at radius 2 is 1.96 bits per heavy atom. The first-order valence-corrected chi connectivity index (χ1v) is 7.67. The highest BCUT2D eigenvalue weighted by Crippen LogP contribution is 2.31. The number of pyridine rings is 1. The number of carboxylic acid groups (broad SMARTS) is 1. The van der Waals surface area contributed by atoms with Crippen LogP contribution >= 0.6 is 0 Å². The molecule has 0 bridgehead atoms. The molecule has 2 N–H and O–H groups in total. The number of aromatic nitrogens is 3. The largest absolute Gasteiger partial charge is 0.480 e. The fourth-order valence-corrected chi connectivity index (χ4v) is 2.14. The number of unbranched alkanes of at least 4 members (excludes halogenated alkanes) is 1. The molecule has 0 fully saturated rings. The summed E-state index contributed by atoms with van der Waals surface area (Å²) < 4.78 is 39.3. The molecule has 0 radical (unpaired) electrons. The number of alkyl halides is 3. The Hall–Kier alpha value is -2.71. The zero-order valence-corrected chi connectivity index (χ0v) is 13.4. The van der Waals surface area contributed by atoms with Gasteiger partial charge in [0.15, 0.2) is 11.5 Å². The maximum absolute atomic E-state index is 13.1. The third-order valence-corrected chi connectivity index (χ3v) is 3.42. The number of nitrogens with one attached hydrogen (secondary N) is 1. The molecule has 25 heavy (non-hydrogen) atoms. The van der Waals surface area contributed by atoms with E-state index in [9.17, 15) is 23.1 Å². The van der Waals surface area contributed by atoms with Crippen LogP contribution in [0.3, 0.4) is 0 Å². The van der Waals surface area contributed by atoms with Crippen molar-refractivity contribution in [2.45, 2.75) is 38.4 Å². The van der Waals surface area contributed by atoms with Crippen molar-refractivity contribution in [2.75, 3.05) is 5.32 Å². The highest BCUT2D eigenvalue weighted by molar-refractivity contribution is 5.77. The topological polar surface area (TPSA) is 88.0 Å². The first kappa shape index (κ1) is 18.6. The number of nitrogens with zero attached hydrogens (tertiary/aromatic N) is 3. The van der Waals surface area contributed by atoms with Crippen molar-refractivity contribution >= 4 is 11.8 Å². The molecule has 0 saturated carbocycles. The normalized spacial score (nSPS) is 12.6. The molecule has 0 amide bonds. The summed E-state index contributed by atoms with van der Waals surface area (Å²) in [5.41, 5.74) is -0.791. The Labute approximate surface area is 142 Å². The molecule has 0 aliphatic carbocycles. The van der Waals surface area contributed by atoms with E-state index in [1.807, 2.05) is 6.92 Å². The Morgan fingerprint density at radius 3 is 2.52 bits per heavy atom. The molecular weight excluding hydrogens is 337 g/mol. The molecule has 0 aromatic carbocycles. The number of anilines is 1. The minimum atomic E-state index is -4.68. The quantitative estimate of drug-likeness (QED) is 0.790. The van der Waals surface area contributed by atoms with Crippen LogP contribution in [0.15, 0.2) is 30.6 Å². The summed E-state index contributed by atoms with van der Waals surface area (Å²) in [6.45, 7) is 1.90. The second kappa shape index (κ2) is 7.91. The van der Waals surface area contributed by atoms with E-state index in [4.69, 9.17) is 0 Å². The van der Waals surface area contributed by atoms with E-state index in [0.29, 0.717) is 18.1 Å². The number of hydrogen-bond donors (Lipinski definition) is 2. The summed E-state index contributed by atoms with van der Waals surface area (Å²) in [6.07, 6.45) is -0.185. The van der Waals surface area contributed by atoms with Crippen molar-refractivity contribution in [1.29, 1.82) is 0 Å². The number of aliphatic carboxylic acids is 1. The van der Waals surface area contributed by atoms with Gasteiger partial charge in [0.25, 0.3) is 0 Å². The molecule has 2 heterocycles. The maximum atomic E-state index is 13.1. The van der Waals surface area contributed by atoms with Crippen molar-refractivity contribution in [3.05, 3.63) is 36.3 Å². The van der Waals surface area contributed by atoms with E-state index in [1.165, 1.54) is 24.5 Å². The second-order valence-corrected chi connectivity index (χ2v) is 5.37. The van der Waals surface area contributed by atoms with Gasteiger partial charge in [-0.3, -0.25) is 4.98 Å². The van der Waals surface area contributed by atoms with E-state index in [1.54, 1.807) is 0 Å². The van der Waals surface area contributed by atoms with Crippen LogP contribution < -0.4 is 5.32 Å². The van der Waals surface area contributed by atoms with E-state index in [-0.39, 0.29) is 18.1 Å². The number of carbonyl (C=O) groups is 1. The molecule has 0 saturated heterocycles. The van der Waals surface area contributed by atoms with Crippen molar-refractivity contribution in [1.82, 2.24) is 15.0 Å². The van der Waals surface area contributed by atoms with Gasteiger partial charge in [0.05, 0.1) is 0 Å². The van der Waals surface area contributed by atoms with Crippen molar-refractivity contribution in [3.8, 4) is 11.4 Å². The highest BCUT2D eigenvalue weighted by Gasteiger charge is 2.34. The molecule has 9 heteroatoms. The summed E-state index contributed by atoms with van der Waals surface area (Å²) >= 11 is 0. The molecule has 134 valence electrons. The molecule has 0 spiro atoms. The van der Waals surface area contributed by atoms with Crippen molar-refractivity contribution < 1.29 is 23.1 Å². The van der Waals surface area contributed by atoms with Gasteiger partial charge in [-0.05, 0) is 18.6 Å². The standard InChI is InChI=1S/C16H17F3N4O2/c1-2-3-4-11(15(24)25)21-13-9-12(16(17,18)19)22-14(23-13)10-5-7-20-8-6-10/h5-9,11H,2-4H2,1H3,(H,24,25)(H,21,22,23). The number of hydrogen-bond acceptors (Lipinski definition) is 5. The molecular formula is C16H17F3N4O2. The average molecular weight is 354 g/mol. The predicted molar refractivity (Wildman–Crippen MR) is 84.8 cm³/mol. The first-order valence-electron chi connectivity index (χ1n) is 7.67. The zero-order chi connectivity index (χ0) is 18.4. The SMILES string of the molecule is CCCCC(Nc1cc(C(F)(F)F)nc(-c2ccncc2)n1)C(=O)O. The lowest BCUT2D eigenvalue weighted by Gasteiger charge is -2.16. The van der Waals surface area contributed by atoms with Gasteiger partial charge < -0.3 is 10.4 Å². The molecule has 2 aromatic rings. The van der Waals surface area contributed by atoms with Gasteiger partial charge in [0.2, 0.25) is 0 Å². The number of rotatable bonds is 7. The van der Waals surface area contributed by atoms with Crippen LogP contribution in [0.2, 0.25) is 0 Å². The van der Waals surface area contributed by atoms with E-state index < -0.39 is 23.9 Å². The number of carboxylic acids is 1. The van der Waals surface area contributed by atoms with Crippen LogP contribution in [0.4, 0.5) is 19.0 Å². The Morgan fingerprint density at radius 1 is 1.28 bits per heavy atom. The fourth-order valence-electron chi connectivity index (χ4n) is 2.14. The summed E-state index contributed by atoms with van der Waals surface area (Å²) in [7, 11) is 0. The highest BCUT2D eigenvalue weighted by atomic mass is 19.4. The minimum Gasteiger partial charge on any atom is -0.480 e. The molecule has 2 rings (SSSR count). The van der Waals surface area contributed by atoms with Crippen molar-refractivity contribution in [2.24, 2.45) is 0 Å². The summed E-state index contributed by atoms with van der Waals surface area (Å²) in [5, 5.41) is 11.8. The number of halogens is 3.